The van der Waals surface area contributed by atoms with Crippen molar-refractivity contribution in [2.24, 2.45) is 0 Å². The molecule has 1 aliphatic carbocycles. The fraction of sp³-hybridized carbons (Fsp3) is 0.278. The number of ether oxygens (including phenoxy) is 2. The molecule has 4 rings (SSSR count). The summed E-state index contributed by atoms with van der Waals surface area (Å²) in [4.78, 5) is 12.0. The Morgan fingerprint density at radius 1 is 1.24 bits per heavy atom. The highest BCUT2D eigenvalue weighted by Crippen LogP contribution is 2.46. The maximum absolute atomic E-state index is 12.0. The van der Waals surface area contributed by atoms with Gasteiger partial charge in [0.15, 0.2) is 0 Å². The lowest BCUT2D eigenvalue weighted by Gasteiger charge is -2.22. The van der Waals surface area contributed by atoms with Crippen molar-refractivity contribution < 1.29 is 14.3 Å². The van der Waals surface area contributed by atoms with Gasteiger partial charge in [0.2, 0.25) is 5.60 Å². The minimum atomic E-state index is -0.899. The van der Waals surface area contributed by atoms with E-state index in [1.54, 1.807) is 0 Å². The summed E-state index contributed by atoms with van der Waals surface area (Å²) in [6.45, 7) is 1.81. The second kappa shape index (κ2) is 4.10. The van der Waals surface area contributed by atoms with Crippen LogP contribution in [0.5, 0.6) is 0 Å². The molecule has 2 aromatic carbocycles. The smallest absolute Gasteiger partial charge is 0.350 e. The Bertz CT molecular complexity index is 798. The van der Waals surface area contributed by atoms with Crippen LogP contribution in [0.1, 0.15) is 24.5 Å². The Labute approximate surface area is 123 Å². The second-order valence-electron chi connectivity index (χ2n) is 5.93. The molecular formula is C18H16O3. The SMILES string of the molecule is COC(=O)C1(C)CC2=C(O1)c1cccc3cccc(c13)C2. The number of hydrogen-bond donors (Lipinski definition) is 0. The maximum Gasteiger partial charge on any atom is 0.350 e. The van der Waals surface area contributed by atoms with Gasteiger partial charge in [0, 0.05) is 12.0 Å². The molecule has 2 aromatic rings. The summed E-state index contributed by atoms with van der Waals surface area (Å²) < 4.78 is 11.0. The molecule has 106 valence electrons. The highest BCUT2D eigenvalue weighted by atomic mass is 16.6. The third kappa shape index (κ3) is 1.63. The summed E-state index contributed by atoms with van der Waals surface area (Å²) in [6, 6.07) is 12.6. The van der Waals surface area contributed by atoms with Gasteiger partial charge in [-0.3, -0.25) is 0 Å². The molecule has 0 radical (unpaired) electrons. The number of hydrogen-bond acceptors (Lipinski definition) is 3. The van der Waals surface area contributed by atoms with Crippen molar-refractivity contribution in [3.05, 3.63) is 53.1 Å². The summed E-state index contributed by atoms with van der Waals surface area (Å²) in [5, 5.41) is 2.46. The van der Waals surface area contributed by atoms with Gasteiger partial charge in [0.25, 0.3) is 0 Å². The third-order valence-corrected chi connectivity index (χ3v) is 4.46. The number of benzene rings is 2. The molecule has 1 atom stereocenters. The first kappa shape index (κ1) is 12.5. The van der Waals surface area contributed by atoms with Crippen LogP contribution in [0.25, 0.3) is 16.5 Å². The lowest BCUT2D eigenvalue weighted by molar-refractivity contribution is -0.158. The molecule has 1 unspecified atom stereocenters. The predicted octanol–water partition coefficient (Wildman–Crippen LogP) is 3.46. The van der Waals surface area contributed by atoms with E-state index in [0.29, 0.717) is 6.42 Å². The summed E-state index contributed by atoms with van der Waals surface area (Å²) in [5.74, 6) is 0.556. The normalized spacial score (nSPS) is 23.0. The zero-order valence-corrected chi connectivity index (χ0v) is 12.1. The average Bonchev–Trinajstić information content (AvgIpc) is 2.85. The van der Waals surface area contributed by atoms with Gasteiger partial charge in [0.1, 0.15) is 5.76 Å². The van der Waals surface area contributed by atoms with Crippen molar-refractivity contribution in [1.82, 2.24) is 0 Å². The topological polar surface area (TPSA) is 35.5 Å². The van der Waals surface area contributed by atoms with Gasteiger partial charge >= 0.3 is 5.97 Å². The number of methoxy groups -OCH3 is 1. The van der Waals surface area contributed by atoms with Crippen LogP contribution >= 0.6 is 0 Å². The van der Waals surface area contributed by atoms with Gasteiger partial charge in [-0.25, -0.2) is 4.79 Å². The van der Waals surface area contributed by atoms with E-state index in [0.717, 1.165) is 17.7 Å². The molecule has 0 amide bonds. The number of carbonyl (C=O) groups is 1. The van der Waals surface area contributed by atoms with Crippen LogP contribution in [-0.4, -0.2) is 18.7 Å². The first-order valence-corrected chi connectivity index (χ1v) is 7.13. The molecule has 0 fully saturated rings. The van der Waals surface area contributed by atoms with E-state index in [1.807, 2.05) is 13.0 Å². The summed E-state index contributed by atoms with van der Waals surface area (Å²) in [5.41, 5.74) is 2.69. The van der Waals surface area contributed by atoms with E-state index >= 15 is 0 Å². The Hall–Kier alpha value is -2.29. The molecule has 3 heteroatoms. The van der Waals surface area contributed by atoms with E-state index in [2.05, 4.69) is 30.3 Å². The first-order valence-electron chi connectivity index (χ1n) is 7.13. The van der Waals surface area contributed by atoms with Crippen LogP contribution in [0.15, 0.2) is 42.0 Å². The highest BCUT2D eigenvalue weighted by molar-refractivity contribution is 5.99. The quantitative estimate of drug-likeness (QED) is 0.750. The lowest BCUT2D eigenvalue weighted by atomic mass is 9.85. The van der Waals surface area contributed by atoms with Gasteiger partial charge in [-0.15, -0.1) is 0 Å². The predicted molar refractivity (Wildman–Crippen MR) is 80.7 cm³/mol. The Balaban J connectivity index is 1.87. The van der Waals surface area contributed by atoms with Crippen molar-refractivity contribution >= 4 is 22.5 Å². The van der Waals surface area contributed by atoms with Gasteiger partial charge in [-0.05, 0) is 35.3 Å². The van der Waals surface area contributed by atoms with Crippen LogP contribution in [-0.2, 0) is 20.7 Å². The molecule has 0 spiro atoms. The van der Waals surface area contributed by atoms with Crippen molar-refractivity contribution in [1.29, 1.82) is 0 Å². The van der Waals surface area contributed by atoms with Crippen LogP contribution in [0.3, 0.4) is 0 Å². The van der Waals surface area contributed by atoms with E-state index in [9.17, 15) is 4.79 Å². The lowest BCUT2D eigenvalue weighted by Crippen LogP contribution is -2.36. The zero-order valence-electron chi connectivity index (χ0n) is 12.1. The molecule has 21 heavy (non-hydrogen) atoms. The van der Waals surface area contributed by atoms with Crippen molar-refractivity contribution in [3.8, 4) is 0 Å². The molecule has 0 aromatic heterocycles. The Morgan fingerprint density at radius 2 is 2.00 bits per heavy atom. The number of rotatable bonds is 1. The molecule has 0 saturated heterocycles. The first-order chi connectivity index (χ1) is 10.1. The fourth-order valence-electron chi connectivity index (χ4n) is 3.52. The summed E-state index contributed by atoms with van der Waals surface area (Å²) >= 11 is 0. The third-order valence-electron chi connectivity index (χ3n) is 4.46. The molecule has 1 heterocycles. The monoisotopic (exact) mass is 280 g/mol. The van der Waals surface area contributed by atoms with Crippen molar-refractivity contribution in [2.75, 3.05) is 7.11 Å². The number of fused-ring (bicyclic) bond motifs is 1. The van der Waals surface area contributed by atoms with Crippen LogP contribution < -0.4 is 0 Å². The molecule has 2 aliphatic rings. The van der Waals surface area contributed by atoms with Crippen molar-refractivity contribution in [2.45, 2.75) is 25.4 Å². The Morgan fingerprint density at radius 3 is 2.76 bits per heavy atom. The fourth-order valence-corrected chi connectivity index (χ4v) is 3.52. The van der Waals surface area contributed by atoms with Crippen molar-refractivity contribution in [3.63, 3.8) is 0 Å². The second-order valence-corrected chi connectivity index (χ2v) is 5.93. The largest absolute Gasteiger partial charge is 0.475 e. The molecule has 0 bridgehead atoms. The van der Waals surface area contributed by atoms with Gasteiger partial charge in [-0.2, -0.15) is 0 Å². The average molecular weight is 280 g/mol. The molecular weight excluding hydrogens is 264 g/mol. The maximum atomic E-state index is 12.0. The van der Waals surface area contributed by atoms with Crippen LogP contribution in [0.4, 0.5) is 0 Å². The molecule has 0 saturated carbocycles. The van der Waals surface area contributed by atoms with Crippen LogP contribution in [0, 0.1) is 0 Å². The van der Waals surface area contributed by atoms with Gasteiger partial charge < -0.3 is 9.47 Å². The van der Waals surface area contributed by atoms with E-state index in [4.69, 9.17) is 9.47 Å². The summed E-state index contributed by atoms with van der Waals surface area (Å²) in [6.07, 6.45) is 1.44. The molecule has 0 N–H and O–H groups in total. The van der Waals surface area contributed by atoms with E-state index in [-0.39, 0.29) is 5.97 Å². The minimum absolute atomic E-state index is 0.312. The Kier molecular flexibility index (Phi) is 2.43. The van der Waals surface area contributed by atoms with Gasteiger partial charge in [0.05, 0.1) is 7.11 Å². The standard InChI is InChI=1S/C18H16O3/c1-18(17(19)20-2)10-13-9-12-7-3-5-11-6-4-8-14(15(11)12)16(13)21-18/h3-8H,9-10H2,1-2H3. The van der Waals surface area contributed by atoms with E-state index in [1.165, 1.54) is 29.0 Å². The molecule has 1 aliphatic heterocycles. The van der Waals surface area contributed by atoms with Crippen LogP contribution in [0.2, 0.25) is 0 Å². The molecule has 3 nitrogen and oxygen atoms in total. The minimum Gasteiger partial charge on any atom is -0.475 e. The zero-order chi connectivity index (χ0) is 14.6. The number of esters is 1. The van der Waals surface area contributed by atoms with E-state index < -0.39 is 5.60 Å². The highest BCUT2D eigenvalue weighted by Gasteiger charge is 2.45. The summed E-state index contributed by atoms with van der Waals surface area (Å²) in [7, 11) is 1.41. The number of carbonyl (C=O) groups excluding carboxylic acids is 1. The van der Waals surface area contributed by atoms with Gasteiger partial charge in [-0.1, -0.05) is 36.4 Å².